The smallest absolute Gasteiger partial charge is 0.220 e. The van der Waals surface area contributed by atoms with E-state index in [2.05, 4.69) is 17.6 Å². The lowest BCUT2D eigenvalue weighted by Gasteiger charge is -2.09. The molecule has 1 aliphatic heterocycles. The van der Waals surface area contributed by atoms with Gasteiger partial charge in [0.25, 0.3) is 0 Å². The molecule has 1 aliphatic rings. The summed E-state index contributed by atoms with van der Waals surface area (Å²) in [5, 5.41) is 6.16. The van der Waals surface area contributed by atoms with Crippen LogP contribution in [0.25, 0.3) is 0 Å². The minimum Gasteiger partial charge on any atom is -0.378 e. The Balaban J connectivity index is 0.00000256. The number of carbonyl (C=O) groups is 1. The number of rotatable bonds is 8. The van der Waals surface area contributed by atoms with Gasteiger partial charge in [-0.2, -0.15) is 0 Å². The normalized spacial score (nSPS) is 18.8. The van der Waals surface area contributed by atoms with Crippen molar-refractivity contribution in [1.82, 2.24) is 10.6 Å². The predicted molar refractivity (Wildman–Crippen MR) is 71.6 cm³/mol. The van der Waals surface area contributed by atoms with Crippen molar-refractivity contribution < 1.29 is 9.53 Å². The standard InChI is InChI=1S/C12H24N2O2.ClH/c1-2-7-13-8-9-14-12(15)6-5-11-4-3-10-16-11;/h11,13H,2-10H2,1H3,(H,14,15);1H. The molecule has 1 saturated heterocycles. The summed E-state index contributed by atoms with van der Waals surface area (Å²) in [4.78, 5) is 11.4. The molecular formula is C12H25ClN2O2. The molecule has 0 saturated carbocycles. The zero-order valence-electron chi connectivity index (χ0n) is 10.7. The second kappa shape index (κ2) is 10.8. The van der Waals surface area contributed by atoms with Gasteiger partial charge in [-0.1, -0.05) is 6.92 Å². The van der Waals surface area contributed by atoms with Gasteiger partial charge in [0, 0.05) is 26.1 Å². The van der Waals surface area contributed by atoms with Crippen LogP contribution >= 0.6 is 12.4 Å². The van der Waals surface area contributed by atoms with Crippen LogP contribution in [0.5, 0.6) is 0 Å². The molecule has 0 aliphatic carbocycles. The van der Waals surface area contributed by atoms with Crippen molar-refractivity contribution in [2.45, 2.75) is 45.1 Å². The number of hydrogen-bond acceptors (Lipinski definition) is 3. The molecule has 0 radical (unpaired) electrons. The van der Waals surface area contributed by atoms with Crippen molar-refractivity contribution in [3.8, 4) is 0 Å². The fourth-order valence-corrected chi connectivity index (χ4v) is 1.84. The summed E-state index contributed by atoms with van der Waals surface area (Å²) in [5.74, 6) is 0.147. The van der Waals surface area contributed by atoms with E-state index in [9.17, 15) is 4.79 Å². The molecule has 2 N–H and O–H groups in total. The summed E-state index contributed by atoms with van der Waals surface area (Å²) < 4.78 is 5.47. The Morgan fingerprint density at radius 3 is 2.82 bits per heavy atom. The summed E-state index contributed by atoms with van der Waals surface area (Å²) in [7, 11) is 0. The van der Waals surface area contributed by atoms with Gasteiger partial charge in [0.2, 0.25) is 5.91 Å². The Bertz CT molecular complexity index is 197. The van der Waals surface area contributed by atoms with Gasteiger partial charge in [0.1, 0.15) is 0 Å². The Morgan fingerprint density at radius 1 is 1.35 bits per heavy atom. The van der Waals surface area contributed by atoms with Crippen molar-refractivity contribution in [2.24, 2.45) is 0 Å². The van der Waals surface area contributed by atoms with E-state index in [0.29, 0.717) is 12.5 Å². The van der Waals surface area contributed by atoms with Crippen LogP contribution < -0.4 is 10.6 Å². The first-order chi connectivity index (χ1) is 7.83. The summed E-state index contributed by atoms with van der Waals surface area (Å²) in [6, 6.07) is 0. The summed E-state index contributed by atoms with van der Waals surface area (Å²) in [5.41, 5.74) is 0. The highest BCUT2D eigenvalue weighted by atomic mass is 35.5. The molecule has 1 heterocycles. The molecule has 1 amide bonds. The summed E-state index contributed by atoms with van der Waals surface area (Å²) in [6.07, 6.45) is 5.18. The number of halogens is 1. The third kappa shape index (κ3) is 8.41. The number of ether oxygens (including phenoxy) is 1. The summed E-state index contributed by atoms with van der Waals surface area (Å²) >= 11 is 0. The Labute approximate surface area is 110 Å². The summed E-state index contributed by atoms with van der Waals surface area (Å²) in [6.45, 7) is 5.61. The largest absolute Gasteiger partial charge is 0.378 e. The molecule has 0 spiro atoms. The molecule has 102 valence electrons. The van der Waals surface area contributed by atoms with Crippen molar-refractivity contribution in [3.05, 3.63) is 0 Å². The van der Waals surface area contributed by atoms with Gasteiger partial charge in [-0.25, -0.2) is 0 Å². The highest BCUT2D eigenvalue weighted by molar-refractivity contribution is 5.85. The van der Waals surface area contributed by atoms with E-state index < -0.39 is 0 Å². The number of carbonyl (C=O) groups excluding carboxylic acids is 1. The topological polar surface area (TPSA) is 50.4 Å². The fourth-order valence-electron chi connectivity index (χ4n) is 1.84. The van der Waals surface area contributed by atoms with Crippen molar-refractivity contribution in [2.75, 3.05) is 26.2 Å². The highest BCUT2D eigenvalue weighted by Gasteiger charge is 2.16. The quantitative estimate of drug-likeness (QED) is 0.653. The lowest BCUT2D eigenvalue weighted by atomic mass is 10.1. The zero-order valence-corrected chi connectivity index (χ0v) is 11.5. The number of hydrogen-bond donors (Lipinski definition) is 2. The first-order valence-corrected chi connectivity index (χ1v) is 6.42. The van der Waals surface area contributed by atoms with Crippen LogP contribution in [0.15, 0.2) is 0 Å². The van der Waals surface area contributed by atoms with Crippen LogP contribution in [0, 0.1) is 0 Å². The molecule has 0 aromatic heterocycles. The first kappa shape index (κ1) is 16.7. The molecule has 4 nitrogen and oxygen atoms in total. The van der Waals surface area contributed by atoms with E-state index in [1.54, 1.807) is 0 Å². The SMILES string of the molecule is CCCNCCNC(=O)CCC1CCCO1.Cl. The lowest BCUT2D eigenvalue weighted by Crippen LogP contribution is -2.32. The minimum absolute atomic E-state index is 0. The zero-order chi connectivity index (χ0) is 11.6. The van der Waals surface area contributed by atoms with E-state index in [1.165, 1.54) is 0 Å². The molecule has 1 fully saturated rings. The Morgan fingerprint density at radius 2 is 2.18 bits per heavy atom. The molecule has 1 unspecified atom stereocenters. The molecule has 1 rings (SSSR count). The molecule has 0 aromatic carbocycles. The van der Waals surface area contributed by atoms with Crippen LogP contribution in [-0.4, -0.2) is 38.3 Å². The van der Waals surface area contributed by atoms with Crippen LogP contribution in [0.3, 0.4) is 0 Å². The molecular weight excluding hydrogens is 240 g/mol. The van der Waals surface area contributed by atoms with E-state index in [-0.39, 0.29) is 18.3 Å². The van der Waals surface area contributed by atoms with Crippen LogP contribution in [-0.2, 0) is 9.53 Å². The van der Waals surface area contributed by atoms with Crippen LogP contribution in [0.1, 0.15) is 39.0 Å². The molecule has 0 aromatic rings. The van der Waals surface area contributed by atoms with Crippen LogP contribution in [0.2, 0.25) is 0 Å². The van der Waals surface area contributed by atoms with Gasteiger partial charge in [0.05, 0.1) is 6.10 Å². The Hall–Kier alpha value is -0.320. The van der Waals surface area contributed by atoms with Gasteiger partial charge < -0.3 is 15.4 Å². The maximum Gasteiger partial charge on any atom is 0.220 e. The molecule has 5 heteroatoms. The first-order valence-electron chi connectivity index (χ1n) is 6.42. The van der Waals surface area contributed by atoms with E-state index in [0.717, 1.165) is 51.9 Å². The number of nitrogens with one attached hydrogen (secondary N) is 2. The average molecular weight is 265 g/mol. The van der Waals surface area contributed by atoms with Gasteiger partial charge >= 0.3 is 0 Å². The molecule has 17 heavy (non-hydrogen) atoms. The van der Waals surface area contributed by atoms with E-state index in [1.807, 2.05) is 0 Å². The minimum atomic E-state index is 0. The van der Waals surface area contributed by atoms with Gasteiger partial charge in [-0.3, -0.25) is 4.79 Å². The lowest BCUT2D eigenvalue weighted by molar-refractivity contribution is -0.121. The van der Waals surface area contributed by atoms with Crippen molar-refractivity contribution in [1.29, 1.82) is 0 Å². The monoisotopic (exact) mass is 264 g/mol. The van der Waals surface area contributed by atoms with Crippen molar-refractivity contribution >= 4 is 18.3 Å². The maximum atomic E-state index is 11.4. The second-order valence-electron chi connectivity index (χ2n) is 4.27. The van der Waals surface area contributed by atoms with Gasteiger partial charge in [-0.15, -0.1) is 12.4 Å². The van der Waals surface area contributed by atoms with E-state index in [4.69, 9.17) is 4.74 Å². The third-order valence-electron chi connectivity index (χ3n) is 2.77. The van der Waals surface area contributed by atoms with Gasteiger partial charge in [-0.05, 0) is 32.2 Å². The average Bonchev–Trinajstić information content (AvgIpc) is 2.79. The second-order valence-corrected chi connectivity index (χ2v) is 4.27. The van der Waals surface area contributed by atoms with Gasteiger partial charge in [0.15, 0.2) is 0 Å². The maximum absolute atomic E-state index is 11.4. The Kier molecular flexibility index (Phi) is 10.6. The molecule has 0 bridgehead atoms. The number of amides is 1. The van der Waals surface area contributed by atoms with E-state index >= 15 is 0 Å². The fraction of sp³-hybridized carbons (Fsp3) is 0.917. The van der Waals surface area contributed by atoms with Crippen LogP contribution in [0.4, 0.5) is 0 Å². The predicted octanol–water partition coefficient (Wildman–Crippen LogP) is 1.48. The highest BCUT2D eigenvalue weighted by Crippen LogP contribution is 2.16. The molecule has 1 atom stereocenters. The van der Waals surface area contributed by atoms with Crippen molar-refractivity contribution in [3.63, 3.8) is 0 Å². The third-order valence-corrected chi connectivity index (χ3v) is 2.77.